The molecule has 1 atom stereocenters. The fourth-order valence-corrected chi connectivity index (χ4v) is 3.70. The van der Waals surface area contributed by atoms with Crippen LogP contribution in [0.25, 0.3) is 0 Å². The predicted molar refractivity (Wildman–Crippen MR) is 84.0 cm³/mol. The first-order valence-electron chi connectivity index (χ1n) is 6.24. The molecule has 1 unspecified atom stereocenters. The number of amides is 1. The van der Waals surface area contributed by atoms with Gasteiger partial charge in [0, 0.05) is 17.2 Å². The molecule has 1 aromatic heterocycles. The number of aliphatic hydroxyl groups is 1. The van der Waals surface area contributed by atoms with Crippen molar-refractivity contribution in [2.24, 2.45) is 0 Å². The minimum Gasteiger partial charge on any atom is -0.388 e. The van der Waals surface area contributed by atoms with Crippen LogP contribution in [0.1, 0.15) is 31.6 Å². The van der Waals surface area contributed by atoms with Crippen LogP contribution in [0.2, 0.25) is 4.34 Å². The largest absolute Gasteiger partial charge is 0.388 e. The maximum Gasteiger partial charge on any atom is 0.230 e. The maximum atomic E-state index is 11.6. The highest BCUT2D eigenvalue weighted by atomic mass is 35.5. The van der Waals surface area contributed by atoms with Gasteiger partial charge in [0.05, 0.1) is 15.7 Å². The number of thioether (sulfide) groups is 1. The number of carbonyl (C=O) groups is 1. The monoisotopic (exact) mass is 321 g/mol. The number of halogens is 1. The van der Waals surface area contributed by atoms with Gasteiger partial charge in [-0.05, 0) is 25.5 Å². The molecule has 0 spiro atoms. The number of rotatable bonds is 8. The molecule has 6 heteroatoms. The Balaban J connectivity index is 2.18. The standard InChI is InChI=1S/C13H20ClNO2S2/c1-3-6-13(2,17)9-15-12(16)8-18-7-10-4-5-11(14)19-10/h4-5,17H,3,6-9H2,1-2H3,(H,15,16). The molecule has 0 aliphatic carbocycles. The van der Waals surface area contributed by atoms with Crippen molar-refractivity contribution >= 4 is 40.6 Å². The number of hydrogen-bond acceptors (Lipinski definition) is 4. The van der Waals surface area contributed by atoms with Crippen molar-refractivity contribution in [3.05, 3.63) is 21.3 Å². The summed E-state index contributed by atoms with van der Waals surface area (Å²) < 4.78 is 0.774. The van der Waals surface area contributed by atoms with Gasteiger partial charge in [0.2, 0.25) is 5.91 Å². The second kappa shape index (κ2) is 8.15. The van der Waals surface area contributed by atoms with E-state index in [0.717, 1.165) is 16.5 Å². The molecule has 1 rings (SSSR count). The third-order valence-corrected chi connectivity index (χ3v) is 4.96. The number of nitrogens with one attached hydrogen (secondary N) is 1. The van der Waals surface area contributed by atoms with Crippen molar-refractivity contribution in [2.45, 2.75) is 38.0 Å². The van der Waals surface area contributed by atoms with Gasteiger partial charge in [-0.3, -0.25) is 4.79 Å². The van der Waals surface area contributed by atoms with E-state index in [1.807, 2.05) is 19.1 Å². The summed E-state index contributed by atoms with van der Waals surface area (Å²) in [4.78, 5) is 12.8. The highest BCUT2D eigenvalue weighted by molar-refractivity contribution is 7.99. The molecule has 1 aromatic rings. The molecule has 0 saturated carbocycles. The quantitative estimate of drug-likeness (QED) is 0.772. The van der Waals surface area contributed by atoms with Crippen LogP contribution in [0, 0.1) is 0 Å². The van der Waals surface area contributed by atoms with Gasteiger partial charge >= 0.3 is 0 Å². The van der Waals surface area contributed by atoms with Crippen molar-refractivity contribution < 1.29 is 9.90 Å². The number of hydrogen-bond donors (Lipinski definition) is 2. The molecule has 108 valence electrons. The number of carbonyl (C=O) groups excluding carboxylic acids is 1. The fourth-order valence-electron chi connectivity index (χ4n) is 1.64. The lowest BCUT2D eigenvalue weighted by Crippen LogP contribution is -2.41. The Morgan fingerprint density at radius 3 is 2.89 bits per heavy atom. The fraction of sp³-hybridized carbons (Fsp3) is 0.615. The minimum absolute atomic E-state index is 0.0379. The van der Waals surface area contributed by atoms with Crippen molar-refractivity contribution in [3.8, 4) is 0 Å². The summed E-state index contributed by atoms with van der Waals surface area (Å²) in [5, 5.41) is 12.7. The Labute approximate surface area is 127 Å². The van der Waals surface area contributed by atoms with Crippen LogP contribution >= 0.6 is 34.7 Å². The molecule has 0 aliphatic rings. The van der Waals surface area contributed by atoms with Gasteiger partial charge < -0.3 is 10.4 Å². The second-order valence-corrected chi connectivity index (χ2v) is 7.51. The van der Waals surface area contributed by atoms with E-state index in [1.54, 1.807) is 18.7 Å². The van der Waals surface area contributed by atoms with E-state index in [9.17, 15) is 9.90 Å². The van der Waals surface area contributed by atoms with E-state index in [1.165, 1.54) is 16.2 Å². The SMILES string of the molecule is CCCC(C)(O)CNC(=O)CSCc1ccc(Cl)s1. The predicted octanol–water partition coefficient (Wildman–Crippen LogP) is 3.30. The summed E-state index contributed by atoms with van der Waals surface area (Å²) >= 11 is 8.92. The first-order chi connectivity index (χ1) is 8.93. The van der Waals surface area contributed by atoms with E-state index >= 15 is 0 Å². The molecule has 3 nitrogen and oxygen atoms in total. The molecular formula is C13H20ClNO2S2. The van der Waals surface area contributed by atoms with Gasteiger partial charge in [-0.1, -0.05) is 24.9 Å². The van der Waals surface area contributed by atoms with E-state index < -0.39 is 5.60 Å². The van der Waals surface area contributed by atoms with E-state index in [0.29, 0.717) is 18.7 Å². The zero-order valence-electron chi connectivity index (χ0n) is 11.2. The Kier molecular flexibility index (Phi) is 7.21. The Hall–Kier alpha value is -0.230. The zero-order valence-corrected chi connectivity index (χ0v) is 13.6. The Morgan fingerprint density at radius 2 is 2.32 bits per heavy atom. The molecular weight excluding hydrogens is 302 g/mol. The summed E-state index contributed by atoms with van der Waals surface area (Å²) in [6, 6.07) is 3.84. The smallest absolute Gasteiger partial charge is 0.230 e. The van der Waals surface area contributed by atoms with Gasteiger partial charge in [-0.25, -0.2) is 0 Å². The lowest BCUT2D eigenvalue weighted by Gasteiger charge is -2.22. The summed E-state index contributed by atoms with van der Waals surface area (Å²) in [6.07, 6.45) is 1.59. The molecule has 0 aromatic carbocycles. The molecule has 19 heavy (non-hydrogen) atoms. The van der Waals surface area contributed by atoms with Crippen molar-refractivity contribution in [1.82, 2.24) is 5.32 Å². The summed E-state index contributed by atoms with van der Waals surface area (Å²) in [5.74, 6) is 1.15. The first-order valence-corrected chi connectivity index (χ1v) is 8.59. The first kappa shape index (κ1) is 16.8. The summed E-state index contributed by atoms with van der Waals surface area (Å²) in [6.45, 7) is 4.07. The van der Waals surface area contributed by atoms with Crippen LogP contribution in [-0.2, 0) is 10.5 Å². The maximum absolute atomic E-state index is 11.6. The van der Waals surface area contributed by atoms with Crippen LogP contribution in [0.4, 0.5) is 0 Å². The third-order valence-electron chi connectivity index (χ3n) is 2.56. The van der Waals surface area contributed by atoms with Crippen LogP contribution in [-0.4, -0.2) is 28.9 Å². The highest BCUT2D eigenvalue weighted by Gasteiger charge is 2.19. The van der Waals surface area contributed by atoms with Gasteiger partial charge in [-0.15, -0.1) is 23.1 Å². The van der Waals surface area contributed by atoms with Crippen molar-refractivity contribution in [3.63, 3.8) is 0 Å². The summed E-state index contributed by atoms with van der Waals surface area (Å²) in [7, 11) is 0. The minimum atomic E-state index is -0.809. The van der Waals surface area contributed by atoms with Crippen LogP contribution in [0.5, 0.6) is 0 Å². The zero-order chi connectivity index (χ0) is 14.3. The van der Waals surface area contributed by atoms with Crippen LogP contribution in [0.3, 0.4) is 0 Å². The lowest BCUT2D eigenvalue weighted by molar-refractivity contribution is -0.119. The molecule has 0 radical (unpaired) electrons. The lowest BCUT2D eigenvalue weighted by atomic mass is 10.0. The molecule has 0 saturated heterocycles. The molecule has 0 aliphatic heterocycles. The second-order valence-electron chi connectivity index (χ2n) is 4.72. The van der Waals surface area contributed by atoms with E-state index in [-0.39, 0.29) is 5.91 Å². The molecule has 0 fully saturated rings. The van der Waals surface area contributed by atoms with Crippen LogP contribution < -0.4 is 5.32 Å². The van der Waals surface area contributed by atoms with E-state index in [4.69, 9.17) is 11.6 Å². The summed E-state index contributed by atoms with van der Waals surface area (Å²) in [5.41, 5.74) is -0.809. The van der Waals surface area contributed by atoms with Gasteiger partial charge in [-0.2, -0.15) is 0 Å². The number of thiophene rings is 1. The van der Waals surface area contributed by atoms with Gasteiger partial charge in [0.25, 0.3) is 0 Å². The molecule has 1 amide bonds. The van der Waals surface area contributed by atoms with Gasteiger partial charge in [0.15, 0.2) is 0 Å². The van der Waals surface area contributed by atoms with Crippen LogP contribution in [0.15, 0.2) is 12.1 Å². The van der Waals surface area contributed by atoms with Crippen molar-refractivity contribution in [1.29, 1.82) is 0 Å². The van der Waals surface area contributed by atoms with Gasteiger partial charge in [0.1, 0.15) is 0 Å². The highest BCUT2D eigenvalue weighted by Crippen LogP contribution is 2.25. The topological polar surface area (TPSA) is 49.3 Å². The normalized spacial score (nSPS) is 14.1. The van der Waals surface area contributed by atoms with E-state index in [2.05, 4.69) is 5.32 Å². The average Bonchev–Trinajstić information content (AvgIpc) is 2.73. The Bertz CT molecular complexity index is 407. The Morgan fingerprint density at radius 1 is 1.58 bits per heavy atom. The molecule has 0 bridgehead atoms. The average molecular weight is 322 g/mol. The molecule has 1 heterocycles. The molecule has 2 N–H and O–H groups in total. The van der Waals surface area contributed by atoms with Crippen molar-refractivity contribution in [2.75, 3.05) is 12.3 Å². The third kappa shape index (κ3) is 7.20.